The van der Waals surface area contributed by atoms with Crippen LogP contribution in [0.2, 0.25) is 0 Å². The van der Waals surface area contributed by atoms with E-state index in [9.17, 15) is 0 Å². The topological polar surface area (TPSA) is 38.5 Å². The second-order valence-electron chi connectivity index (χ2n) is 5.65. The average Bonchev–Trinajstić information content (AvgIpc) is 2.53. The van der Waals surface area contributed by atoms with Gasteiger partial charge in [0.15, 0.2) is 0 Å². The number of methoxy groups -OCH3 is 1. The van der Waals surface area contributed by atoms with Crippen LogP contribution in [0.3, 0.4) is 0 Å². The number of nitrogens with two attached hydrogens (primary N) is 1. The average molecular weight is 276 g/mol. The lowest BCUT2D eigenvalue weighted by atomic mass is 9.92. The van der Waals surface area contributed by atoms with E-state index in [1.807, 2.05) is 12.1 Å². The van der Waals surface area contributed by atoms with E-state index in [0.29, 0.717) is 18.6 Å². The van der Waals surface area contributed by atoms with Crippen LogP contribution in [-0.4, -0.2) is 31.1 Å². The van der Waals surface area contributed by atoms with E-state index in [0.717, 1.165) is 12.3 Å². The van der Waals surface area contributed by atoms with Gasteiger partial charge in [-0.2, -0.15) is 0 Å². The van der Waals surface area contributed by atoms with Crippen LogP contribution in [-0.2, 0) is 0 Å². The van der Waals surface area contributed by atoms with Crippen molar-refractivity contribution >= 4 is 0 Å². The van der Waals surface area contributed by atoms with Crippen molar-refractivity contribution in [1.29, 1.82) is 0 Å². The number of nitrogens with zero attached hydrogens (tertiary/aromatic N) is 1. The maximum absolute atomic E-state index is 6.09. The van der Waals surface area contributed by atoms with Crippen molar-refractivity contribution in [1.82, 2.24) is 4.90 Å². The largest absolute Gasteiger partial charge is 0.497 e. The smallest absolute Gasteiger partial charge is 0.118 e. The molecule has 0 amide bonds. The predicted octanol–water partition coefficient (Wildman–Crippen LogP) is 3.35. The van der Waals surface area contributed by atoms with Crippen LogP contribution < -0.4 is 10.5 Å². The lowest BCUT2D eigenvalue weighted by Gasteiger charge is -2.39. The van der Waals surface area contributed by atoms with Crippen molar-refractivity contribution in [2.24, 2.45) is 5.73 Å². The van der Waals surface area contributed by atoms with Crippen LogP contribution >= 0.6 is 0 Å². The monoisotopic (exact) mass is 276 g/mol. The zero-order chi connectivity index (χ0) is 14.4. The molecule has 112 valence electrons. The molecule has 1 saturated carbocycles. The van der Waals surface area contributed by atoms with Crippen molar-refractivity contribution in [3.63, 3.8) is 0 Å². The minimum Gasteiger partial charge on any atom is -0.497 e. The number of rotatable bonds is 6. The van der Waals surface area contributed by atoms with Crippen LogP contribution in [0, 0.1) is 0 Å². The molecule has 1 atom stereocenters. The number of hydrogen-bond donors (Lipinski definition) is 1. The summed E-state index contributed by atoms with van der Waals surface area (Å²) in [5, 5.41) is 0. The van der Waals surface area contributed by atoms with Gasteiger partial charge in [-0.1, -0.05) is 38.3 Å². The number of benzene rings is 1. The first-order valence-electron chi connectivity index (χ1n) is 7.90. The fraction of sp³-hybridized carbons (Fsp3) is 0.647. The Hall–Kier alpha value is -1.06. The van der Waals surface area contributed by atoms with Crippen molar-refractivity contribution < 1.29 is 4.74 Å². The lowest BCUT2D eigenvalue weighted by molar-refractivity contribution is 0.114. The molecule has 1 fully saturated rings. The van der Waals surface area contributed by atoms with Crippen LogP contribution in [0.4, 0.5) is 0 Å². The van der Waals surface area contributed by atoms with E-state index < -0.39 is 0 Å². The van der Waals surface area contributed by atoms with E-state index >= 15 is 0 Å². The van der Waals surface area contributed by atoms with Crippen LogP contribution in [0.5, 0.6) is 5.75 Å². The number of hydrogen-bond acceptors (Lipinski definition) is 3. The standard InChI is InChI=1S/C17H28N2O/c1-3-19(15-7-5-4-6-8-15)17(13-18)14-9-11-16(20-2)12-10-14/h9-12,15,17H,3-8,13,18H2,1-2H3. The molecule has 0 radical (unpaired) electrons. The molecule has 1 unspecified atom stereocenters. The third kappa shape index (κ3) is 3.53. The molecule has 1 aromatic rings. The summed E-state index contributed by atoms with van der Waals surface area (Å²) >= 11 is 0. The molecule has 2 N–H and O–H groups in total. The number of ether oxygens (including phenoxy) is 1. The molecule has 0 aliphatic heterocycles. The lowest BCUT2D eigenvalue weighted by Crippen LogP contribution is -2.42. The van der Waals surface area contributed by atoms with Gasteiger partial charge in [-0.15, -0.1) is 0 Å². The summed E-state index contributed by atoms with van der Waals surface area (Å²) in [7, 11) is 1.70. The molecule has 0 saturated heterocycles. The van der Waals surface area contributed by atoms with E-state index in [-0.39, 0.29) is 0 Å². The highest BCUT2D eigenvalue weighted by molar-refractivity contribution is 5.29. The first-order valence-corrected chi connectivity index (χ1v) is 7.90. The maximum atomic E-state index is 6.09. The Labute approximate surface area is 123 Å². The summed E-state index contributed by atoms with van der Waals surface area (Å²) < 4.78 is 5.24. The summed E-state index contributed by atoms with van der Waals surface area (Å²) in [6.07, 6.45) is 6.76. The molecule has 1 aliphatic rings. The molecular formula is C17H28N2O. The quantitative estimate of drug-likeness (QED) is 0.866. The number of likely N-dealkylation sites (N-methyl/N-ethyl adjacent to an activating group) is 1. The summed E-state index contributed by atoms with van der Waals surface area (Å²) in [5.74, 6) is 0.908. The third-order valence-electron chi connectivity index (χ3n) is 4.53. The van der Waals surface area contributed by atoms with Gasteiger partial charge < -0.3 is 10.5 Å². The van der Waals surface area contributed by atoms with Gasteiger partial charge in [0.2, 0.25) is 0 Å². The Morgan fingerprint density at radius 2 is 1.85 bits per heavy atom. The highest BCUT2D eigenvalue weighted by Gasteiger charge is 2.26. The second kappa shape index (κ2) is 7.65. The fourth-order valence-corrected chi connectivity index (χ4v) is 3.43. The van der Waals surface area contributed by atoms with Gasteiger partial charge >= 0.3 is 0 Å². The van der Waals surface area contributed by atoms with Crippen LogP contribution in [0.1, 0.15) is 50.6 Å². The van der Waals surface area contributed by atoms with Crippen LogP contribution in [0.25, 0.3) is 0 Å². The fourth-order valence-electron chi connectivity index (χ4n) is 3.43. The first-order chi connectivity index (χ1) is 9.80. The molecule has 0 heterocycles. The maximum Gasteiger partial charge on any atom is 0.118 e. The van der Waals surface area contributed by atoms with Crippen molar-refractivity contribution in [3.8, 4) is 5.75 Å². The first kappa shape index (κ1) is 15.3. The molecule has 3 heteroatoms. The normalized spacial score (nSPS) is 18.2. The molecule has 0 aromatic heterocycles. The highest BCUT2D eigenvalue weighted by Crippen LogP contribution is 2.30. The molecule has 1 aliphatic carbocycles. The van der Waals surface area contributed by atoms with Crippen molar-refractivity contribution in [2.75, 3.05) is 20.2 Å². The third-order valence-corrected chi connectivity index (χ3v) is 4.53. The van der Waals surface area contributed by atoms with Crippen LogP contribution in [0.15, 0.2) is 24.3 Å². The SMILES string of the molecule is CCN(C1CCCCC1)C(CN)c1ccc(OC)cc1. The van der Waals surface area contributed by atoms with E-state index in [1.54, 1.807) is 7.11 Å². The van der Waals surface area contributed by atoms with Gasteiger partial charge in [-0.25, -0.2) is 0 Å². The molecule has 3 nitrogen and oxygen atoms in total. The Bertz CT molecular complexity index is 384. The Balaban J connectivity index is 2.14. The molecule has 1 aromatic carbocycles. The van der Waals surface area contributed by atoms with E-state index in [1.165, 1.54) is 37.7 Å². The highest BCUT2D eigenvalue weighted by atomic mass is 16.5. The van der Waals surface area contributed by atoms with Gasteiger partial charge in [0.05, 0.1) is 7.11 Å². The summed E-state index contributed by atoms with van der Waals surface area (Å²) in [6, 6.07) is 9.40. The van der Waals surface area contributed by atoms with E-state index in [4.69, 9.17) is 10.5 Å². The van der Waals surface area contributed by atoms with E-state index in [2.05, 4.69) is 24.0 Å². The molecular weight excluding hydrogens is 248 g/mol. The van der Waals surface area contributed by atoms with Crippen molar-refractivity contribution in [3.05, 3.63) is 29.8 Å². The summed E-state index contributed by atoms with van der Waals surface area (Å²) in [5.41, 5.74) is 7.39. The summed E-state index contributed by atoms with van der Waals surface area (Å²) in [4.78, 5) is 2.60. The zero-order valence-corrected chi connectivity index (χ0v) is 12.8. The second-order valence-corrected chi connectivity index (χ2v) is 5.65. The Morgan fingerprint density at radius 1 is 1.20 bits per heavy atom. The van der Waals surface area contributed by atoms with Gasteiger partial charge in [0.1, 0.15) is 5.75 Å². The van der Waals surface area contributed by atoms with Gasteiger partial charge in [-0.3, -0.25) is 4.90 Å². The minimum absolute atomic E-state index is 0.328. The predicted molar refractivity (Wildman–Crippen MR) is 84.0 cm³/mol. The molecule has 2 rings (SSSR count). The Kier molecular flexibility index (Phi) is 5.86. The van der Waals surface area contributed by atoms with Gasteiger partial charge in [0, 0.05) is 18.6 Å². The molecule has 0 spiro atoms. The minimum atomic E-state index is 0.328. The molecule has 0 bridgehead atoms. The van der Waals surface area contributed by atoms with Crippen molar-refractivity contribution in [2.45, 2.75) is 51.1 Å². The van der Waals surface area contributed by atoms with Gasteiger partial charge in [-0.05, 0) is 37.1 Å². The zero-order valence-electron chi connectivity index (χ0n) is 12.8. The Morgan fingerprint density at radius 3 is 2.35 bits per heavy atom. The van der Waals surface area contributed by atoms with Gasteiger partial charge in [0.25, 0.3) is 0 Å². The molecule has 20 heavy (non-hydrogen) atoms. The summed E-state index contributed by atoms with van der Waals surface area (Å²) in [6.45, 7) is 4.00.